The van der Waals surface area contributed by atoms with E-state index in [2.05, 4.69) is 113 Å². The molecule has 2 N–H and O–H groups in total. The average molecular weight is 759 g/mol. The summed E-state index contributed by atoms with van der Waals surface area (Å²) in [6.07, 6.45) is 10.9. The van der Waals surface area contributed by atoms with E-state index in [0.29, 0.717) is 11.4 Å². The van der Waals surface area contributed by atoms with Crippen molar-refractivity contribution in [3.8, 4) is 5.75 Å². The quantitative estimate of drug-likeness (QED) is 0.0749. The number of allylic oxidation sites excluding steroid dienone is 2. The van der Waals surface area contributed by atoms with E-state index in [4.69, 9.17) is 33.8 Å². The third kappa shape index (κ3) is 13.7. The van der Waals surface area contributed by atoms with E-state index in [1.807, 2.05) is 18.2 Å². The molecule has 1 aromatic rings. The standard InChI is InChI=1S/C42H70N2O8Si/c1-15-16-17-29(3)39(51-41(43)46)33(7)40(52-53(13,14)42(8,9)10)32(6)23-28(2)22-31(5)38(50-27-48-12)30(4)18-19-34-20-21-36-35(24-34)44(26-47-11)37(45)25-49-36/h16-22,24,29-33,38-40H,15,23,25-27H2,1-14H3,(H2,43,46)/t29?,30?,31-,32-,33+,38-,39-,40+/m0/s1. The minimum absolute atomic E-state index is 0.00102. The van der Waals surface area contributed by atoms with Crippen LogP contribution in [0.1, 0.15) is 87.6 Å². The topological polar surface area (TPSA) is 119 Å². The van der Waals surface area contributed by atoms with Crippen LogP contribution in [0.25, 0.3) is 6.08 Å². The van der Waals surface area contributed by atoms with Gasteiger partial charge in [0.05, 0.1) is 17.9 Å². The van der Waals surface area contributed by atoms with Crippen molar-refractivity contribution in [2.24, 2.45) is 35.3 Å². The molecule has 0 aliphatic carbocycles. The Balaban J connectivity index is 2.37. The summed E-state index contributed by atoms with van der Waals surface area (Å²) in [6.45, 7) is 26.6. The van der Waals surface area contributed by atoms with Crippen LogP contribution in [0.2, 0.25) is 18.1 Å². The van der Waals surface area contributed by atoms with Crippen LogP contribution in [-0.4, -0.2) is 73.0 Å². The monoisotopic (exact) mass is 758 g/mol. The summed E-state index contributed by atoms with van der Waals surface area (Å²) in [6, 6.07) is 5.81. The van der Waals surface area contributed by atoms with Gasteiger partial charge in [-0.15, -0.1) is 0 Å². The SMILES string of the molecule is CCC=CC(C)[C@H](OC(N)=O)[C@@H](C)[C@H](O[Si](C)(C)C(C)(C)C)[C@@H](C)CC(C)=C[C@H](C)[C@@H](OCOC)C(C)C=Cc1ccc2c(c1)N(COC)C(=O)CO2. The Morgan fingerprint density at radius 1 is 1.00 bits per heavy atom. The lowest BCUT2D eigenvalue weighted by Gasteiger charge is -2.44. The first kappa shape index (κ1) is 46.2. The zero-order valence-electron chi connectivity index (χ0n) is 35.1. The highest BCUT2D eigenvalue weighted by atomic mass is 28.4. The van der Waals surface area contributed by atoms with Gasteiger partial charge in [-0.2, -0.15) is 0 Å². The summed E-state index contributed by atoms with van der Waals surface area (Å²) < 4.78 is 35.6. The molecule has 1 heterocycles. The van der Waals surface area contributed by atoms with Crippen LogP contribution in [0.5, 0.6) is 5.75 Å². The number of carbonyl (C=O) groups is 2. The zero-order valence-corrected chi connectivity index (χ0v) is 36.1. The van der Waals surface area contributed by atoms with Crippen molar-refractivity contribution < 1.29 is 37.7 Å². The number of methoxy groups -OCH3 is 2. The number of nitrogens with two attached hydrogens (primary N) is 1. The zero-order chi connectivity index (χ0) is 40.1. The van der Waals surface area contributed by atoms with E-state index in [9.17, 15) is 9.59 Å². The first-order valence-corrected chi connectivity index (χ1v) is 22.0. The van der Waals surface area contributed by atoms with Crippen LogP contribution in [0.3, 0.4) is 0 Å². The number of benzene rings is 1. The second kappa shape index (κ2) is 21.2. The molecule has 1 aliphatic rings. The number of hydrogen-bond donors (Lipinski definition) is 1. The number of hydrogen-bond acceptors (Lipinski definition) is 8. The molecule has 0 bridgehead atoms. The van der Waals surface area contributed by atoms with E-state index in [1.54, 1.807) is 19.1 Å². The van der Waals surface area contributed by atoms with Crippen molar-refractivity contribution in [2.75, 3.05) is 39.3 Å². The van der Waals surface area contributed by atoms with Crippen LogP contribution >= 0.6 is 0 Å². The number of ether oxygens (including phenoxy) is 5. The molecule has 2 amide bonds. The van der Waals surface area contributed by atoms with E-state index in [1.165, 1.54) is 5.57 Å². The minimum atomic E-state index is -2.21. The van der Waals surface area contributed by atoms with Crippen molar-refractivity contribution in [3.63, 3.8) is 0 Å². The smallest absolute Gasteiger partial charge is 0.404 e. The molecule has 11 heteroatoms. The predicted octanol–water partition coefficient (Wildman–Crippen LogP) is 9.36. The van der Waals surface area contributed by atoms with Crippen LogP contribution in [0, 0.1) is 29.6 Å². The first-order valence-electron chi connectivity index (χ1n) is 19.1. The fourth-order valence-electron chi connectivity index (χ4n) is 6.86. The summed E-state index contributed by atoms with van der Waals surface area (Å²) in [5.74, 6) is 0.597. The van der Waals surface area contributed by atoms with Crippen molar-refractivity contribution in [1.29, 1.82) is 0 Å². The van der Waals surface area contributed by atoms with Crippen molar-refractivity contribution >= 4 is 32.1 Å². The van der Waals surface area contributed by atoms with Gasteiger partial charge in [0.2, 0.25) is 0 Å². The van der Waals surface area contributed by atoms with Gasteiger partial charge in [-0.3, -0.25) is 9.69 Å². The molecule has 2 rings (SSSR count). The summed E-state index contributed by atoms with van der Waals surface area (Å²) in [5, 5.41) is 0.00102. The molecule has 0 saturated heterocycles. The van der Waals surface area contributed by atoms with Crippen LogP contribution in [-0.2, 0) is 28.2 Å². The lowest BCUT2D eigenvalue weighted by Crippen LogP contribution is -2.50. The van der Waals surface area contributed by atoms with Gasteiger partial charge in [0.15, 0.2) is 14.9 Å². The third-order valence-electron chi connectivity index (χ3n) is 10.7. The first-order chi connectivity index (χ1) is 24.8. The number of anilines is 1. The normalized spacial score (nSPS) is 18.9. The third-order valence-corrected chi connectivity index (χ3v) is 15.1. The molecule has 1 aromatic carbocycles. The Bertz CT molecular complexity index is 1400. The maximum atomic E-state index is 12.5. The Labute approximate surface area is 321 Å². The summed E-state index contributed by atoms with van der Waals surface area (Å²) in [5.41, 5.74) is 8.48. The number of fused-ring (bicyclic) bond motifs is 1. The molecule has 2 unspecified atom stereocenters. The van der Waals surface area contributed by atoms with Crippen LogP contribution < -0.4 is 15.4 Å². The number of rotatable bonds is 21. The molecule has 10 nitrogen and oxygen atoms in total. The van der Waals surface area contributed by atoms with E-state index in [-0.39, 0.29) is 72.9 Å². The molecule has 0 saturated carbocycles. The number of amides is 2. The van der Waals surface area contributed by atoms with Crippen molar-refractivity contribution in [2.45, 2.75) is 119 Å². The van der Waals surface area contributed by atoms with E-state index < -0.39 is 20.5 Å². The highest BCUT2D eigenvalue weighted by Crippen LogP contribution is 2.41. The molecule has 0 aromatic heterocycles. The fraction of sp³-hybridized carbons (Fsp3) is 0.667. The average Bonchev–Trinajstić information content (AvgIpc) is 3.07. The largest absolute Gasteiger partial charge is 0.482 e. The van der Waals surface area contributed by atoms with Gasteiger partial charge in [0, 0.05) is 37.9 Å². The number of primary amides is 1. The maximum Gasteiger partial charge on any atom is 0.404 e. The van der Waals surface area contributed by atoms with Crippen molar-refractivity contribution in [3.05, 3.63) is 53.6 Å². The van der Waals surface area contributed by atoms with Gasteiger partial charge >= 0.3 is 6.09 Å². The molecule has 300 valence electrons. The Morgan fingerprint density at radius 3 is 2.25 bits per heavy atom. The highest BCUT2D eigenvalue weighted by molar-refractivity contribution is 6.74. The summed E-state index contributed by atoms with van der Waals surface area (Å²) in [7, 11) is 0.987. The Morgan fingerprint density at radius 2 is 1.66 bits per heavy atom. The maximum absolute atomic E-state index is 12.5. The highest BCUT2D eigenvalue weighted by Gasteiger charge is 2.44. The molecular formula is C42H70N2O8Si. The minimum Gasteiger partial charge on any atom is -0.482 e. The molecule has 0 spiro atoms. The van der Waals surface area contributed by atoms with Gasteiger partial charge < -0.3 is 33.8 Å². The second-order valence-corrected chi connectivity index (χ2v) is 21.1. The lowest BCUT2D eigenvalue weighted by atomic mass is 9.81. The van der Waals surface area contributed by atoms with Gasteiger partial charge in [-0.25, -0.2) is 4.79 Å². The predicted molar refractivity (Wildman–Crippen MR) is 217 cm³/mol. The number of carbonyl (C=O) groups excluding carboxylic acids is 2. The second-order valence-electron chi connectivity index (χ2n) is 16.4. The molecule has 0 radical (unpaired) electrons. The van der Waals surface area contributed by atoms with E-state index >= 15 is 0 Å². The summed E-state index contributed by atoms with van der Waals surface area (Å²) in [4.78, 5) is 26.2. The molecule has 53 heavy (non-hydrogen) atoms. The fourth-order valence-corrected chi connectivity index (χ4v) is 8.34. The van der Waals surface area contributed by atoms with Gasteiger partial charge in [-0.1, -0.05) is 104 Å². The Hall–Kier alpha value is -2.96. The molecule has 0 fully saturated rings. The van der Waals surface area contributed by atoms with Gasteiger partial charge in [0.1, 0.15) is 25.4 Å². The van der Waals surface area contributed by atoms with Crippen LogP contribution in [0.15, 0.2) is 48.1 Å². The van der Waals surface area contributed by atoms with Gasteiger partial charge in [-0.05, 0) is 61.5 Å². The van der Waals surface area contributed by atoms with Gasteiger partial charge in [0.25, 0.3) is 5.91 Å². The molecular weight excluding hydrogens is 689 g/mol. The number of nitrogens with zero attached hydrogens (tertiary/aromatic N) is 1. The summed E-state index contributed by atoms with van der Waals surface area (Å²) >= 11 is 0. The van der Waals surface area contributed by atoms with Crippen LogP contribution in [0.4, 0.5) is 10.5 Å². The van der Waals surface area contributed by atoms with Crippen molar-refractivity contribution in [1.82, 2.24) is 0 Å². The Kier molecular flexibility index (Phi) is 18.5. The lowest BCUT2D eigenvalue weighted by molar-refractivity contribution is -0.122. The molecule has 1 aliphatic heterocycles. The molecule has 8 atom stereocenters. The van der Waals surface area contributed by atoms with E-state index in [0.717, 1.165) is 18.4 Å².